The van der Waals surface area contributed by atoms with Gasteiger partial charge in [0.1, 0.15) is 6.10 Å². The van der Waals surface area contributed by atoms with Gasteiger partial charge in [0.2, 0.25) is 5.91 Å². The number of benzene rings is 1. The zero-order chi connectivity index (χ0) is 16.4. The molecule has 1 amide bonds. The molecule has 2 fully saturated rings. The van der Waals surface area contributed by atoms with Crippen molar-refractivity contribution < 1.29 is 22.7 Å². The summed E-state index contributed by atoms with van der Waals surface area (Å²) in [5.41, 5.74) is 1.01. The van der Waals surface area contributed by atoms with E-state index in [1.807, 2.05) is 30.3 Å². The van der Waals surface area contributed by atoms with E-state index in [2.05, 4.69) is 0 Å². The number of ether oxygens (including phenoxy) is 1. The maximum absolute atomic E-state index is 12.2. The molecular formula is C16H19NO5S. The minimum atomic E-state index is -3.08. The van der Waals surface area contributed by atoms with Gasteiger partial charge in [-0.25, -0.2) is 8.42 Å². The highest BCUT2D eigenvalue weighted by molar-refractivity contribution is 7.91. The summed E-state index contributed by atoms with van der Waals surface area (Å²) in [6.45, 7) is 0.799. The molecule has 2 atom stereocenters. The minimum Gasteiger partial charge on any atom is -0.461 e. The standard InChI is InChI=1S/C16H19NO5S/c18-15-8-13(10-17(15)9-12-4-2-1-3-5-12)16(19)22-14-6-7-23(20,21)11-14/h1-5,13-14H,6-11H2. The number of carbonyl (C=O) groups is 2. The lowest BCUT2D eigenvalue weighted by Crippen LogP contribution is -2.28. The van der Waals surface area contributed by atoms with Crippen LogP contribution in [-0.4, -0.2) is 49.3 Å². The van der Waals surface area contributed by atoms with Crippen LogP contribution in [0.1, 0.15) is 18.4 Å². The van der Waals surface area contributed by atoms with E-state index in [0.717, 1.165) is 5.56 Å². The lowest BCUT2D eigenvalue weighted by atomic mass is 10.1. The van der Waals surface area contributed by atoms with E-state index in [1.54, 1.807) is 4.90 Å². The number of hydrogen-bond donors (Lipinski definition) is 0. The Morgan fingerprint density at radius 3 is 2.65 bits per heavy atom. The highest BCUT2D eigenvalue weighted by Crippen LogP contribution is 2.23. The molecule has 0 aromatic heterocycles. The Balaban J connectivity index is 1.56. The van der Waals surface area contributed by atoms with Crippen LogP contribution in [0.4, 0.5) is 0 Å². The van der Waals surface area contributed by atoms with Crippen molar-refractivity contribution in [3.05, 3.63) is 35.9 Å². The lowest BCUT2D eigenvalue weighted by Gasteiger charge is -2.17. The zero-order valence-electron chi connectivity index (χ0n) is 12.7. The Morgan fingerprint density at radius 1 is 1.26 bits per heavy atom. The average Bonchev–Trinajstić information content (AvgIpc) is 3.03. The third-order valence-corrected chi connectivity index (χ3v) is 5.97. The van der Waals surface area contributed by atoms with E-state index in [4.69, 9.17) is 4.74 Å². The molecule has 0 spiro atoms. The fourth-order valence-electron chi connectivity index (χ4n) is 3.00. The third kappa shape index (κ3) is 3.90. The fourth-order valence-corrected chi connectivity index (χ4v) is 4.59. The first kappa shape index (κ1) is 16.0. The summed E-state index contributed by atoms with van der Waals surface area (Å²) in [5.74, 6) is -1.08. The van der Waals surface area contributed by atoms with E-state index in [1.165, 1.54) is 0 Å². The van der Waals surface area contributed by atoms with Gasteiger partial charge in [-0.3, -0.25) is 9.59 Å². The second-order valence-electron chi connectivity index (χ2n) is 6.12. The maximum atomic E-state index is 12.2. The van der Waals surface area contributed by atoms with Crippen molar-refractivity contribution in [2.24, 2.45) is 5.92 Å². The van der Waals surface area contributed by atoms with Gasteiger partial charge < -0.3 is 9.64 Å². The molecule has 7 heteroatoms. The van der Waals surface area contributed by atoms with Crippen LogP contribution in [-0.2, 0) is 30.7 Å². The number of esters is 1. The molecule has 2 aliphatic heterocycles. The highest BCUT2D eigenvalue weighted by atomic mass is 32.2. The molecule has 0 radical (unpaired) electrons. The lowest BCUT2D eigenvalue weighted by molar-refractivity contribution is -0.152. The van der Waals surface area contributed by atoms with Crippen LogP contribution in [0.5, 0.6) is 0 Å². The Morgan fingerprint density at radius 2 is 2.00 bits per heavy atom. The van der Waals surface area contributed by atoms with Crippen LogP contribution in [0.3, 0.4) is 0 Å². The number of sulfone groups is 1. The normalized spacial score (nSPS) is 26.4. The van der Waals surface area contributed by atoms with Gasteiger partial charge in [-0.2, -0.15) is 0 Å². The van der Waals surface area contributed by atoms with Gasteiger partial charge in [0.05, 0.1) is 17.4 Å². The first-order valence-corrected chi connectivity index (χ1v) is 9.48. The van der Waals surface area contributed by atoms with Gasteiger partial charge in [0, 0.05) is 19.5 Å². The van der Waals surface area contributed by atoms with E-state index in [9.17, 15) is 18.0 Å². The molecule has 3 rings (SSSR count). The molecule has 0 saturated carbocycles. The monoisotopic (exact) mass is 337 g/mol. The molecule has 0 N–H and O–H groups in total. The minimum absolute atomic E-state index is 0.0642. The Labute approximate surface area is 135 Å². The van der Waals surface area contributed by atoms with Gasteiger partial charge in [0.15, 0.2) is 9.84 Å². The summed E-state index contributed by atoms with van der Waals surface area (Å²) in [5, 5.41) is 0. The summed E-state index contributed by atoms with van der Waals surface area (Å²) in [4.78, 5) is 25.9. The number of hydrogen-bond acceptors (Lipinski definition) is 5. The van der Waals surface area contributed by atoms with Crippen molar-refractivity contribution in [1.82, 2.24) is 4.90 Å². The topological polar surface area (TPSA) is 80.8 Å². The zero-order valence-corrected chi connectivity index (χ0v) is 13.5. The molecule has 2 saturated heterocycles. The Bertz CT molecular complexity index is 700. The molecule has 6 nitrogen and oxygen atoms in total. The smallest absolute Gasteiger partial charge is 0.311 e. The SMILES string of the molecule is O=C(OC1CCS(=O)(=O)C1)C1CC(=O)N(Cc2ccccc2)C1. The van der Waals surface area contributed by atoms with Gasteiger partial charge in [-0.15, -0.1) is 0 Å². The van der Waals surface area contributed by atoms with Crippen molar-refractivity contribution in [2.45, 2.75) is 25.5 Å². The van der Waals surface area contributed by atoms with Crippen molar-refractivity contribution in [2.75, 3.05) is 18.1 Å². The molecule has 2 aliphatic rings. The second kappa shape index (κ2) is 6.31. The molecule has 2 heterocycles. The van der Waals surface area contributed by atoms with Gasteiger partial charge >= 0.3 is 5.97 Å². The molecular weight excluding hydrogens is 318 g/mol. The quantitative estimate of drug-likeness (QED) is 0.758. The van der Waals surface area contributed by atoms with Crippen molar-refractivity contribution in [3.63, 3.8) is 0 Å². The molecule has 2 unspecified atom stereocenters. The largest absolute Gasteiger partial charge is 0.461 e. The summed E-state index contributed by atoms with van der Waals surface area (Å²) >= 11 is 0. The number of rotatable bonds is 4. The van der Waals surface area contributed by atoms with E-state index in [-0.39, 0.29) is 23.8 Å². The number of carbonyl (C=O) groups excluding carboxylic acids is 2. The average molecular weight is 337 g/mol. The second-order valence-corrected chi connectivity index (χ2v) is 8.35. The molecule has 23 heavy (non-hydrogen) atoms. The van der Waals surface area contributed by atoms with E-state index in [0.29, 0.717) is 19.5 Å². The highest BCUT2D eigenvalue weighted by Gasteiger charge is 2.38. The van der Waals surface area contributed by atoms with Gasteiger partial charge in [-0.05, 0) is 12.0 Å². The summed E-state index contributed by atoms with van der Waals surface area (Å²) in [6, 6.07) is 9.58. The number of nitrogens with zero attached hydrogens (tertiary/aromatic N) is 1. The number of amides is 1. The summed E-state index contributed by atoms with van der Waals surface area (Å²) in [6.07, 6.45) is -0.0843. The van der Waals surface area contributed by atoms with Crippen molar-refractivity contribution >= 4 is 21.7 Å². The Hall–Kier alpha value is -1.89. The number of likely N-dealkylation sites (tertiary alicyclic amines) is 1. The third-order valence-electron chi connectivity index (χ3n) is 4.24. The van der Waals surface area contributed by atoms with Crippen LogP contribution in [0.25, 0.3) is 0 Å². The van der Waals surface area contributed by atoms with Crippen LogP contribution >= 0.6 is 0 Å². The summed E-state index contributed by atoms with van der Waals surface area (Å²) < 4.78 is 28.1. The van der Waals surface area contributed by atoms with Gasteiger partial charge in [-0.1, -0.05) is 30.3 Å². The van der Waals surface area contributed by atoms with E-state index < -0.39 is 27.8 Å². The molecule has 1 aromatic carbocycles. The molecule has 1 aromatic rings. The van der Waals surface area contributed by atoms with Crippen molar-refractivity contribution in [1.29, 1.82) is 0 Å². The van der Waals surface area contributed by atoms with Crippen molar-refractivity contribution in [3.8, 4) is 0 Å². The first-order chi connectivity index (χ1) is 10.9. The van der Waals surface area contributed by atoms with Crippen LogP contribution < -0.4 is 0 Å². The first-order valence-electron chi connectivity index (χ1n) is 7.65. The molecule has 124 valence electrons. The molecule has 0 aliphatic carbocycles. The fraction of sp³-hybridized carbons (Fsp3) is 0.500. The van der Waals surface area contributed by atoms with Gasteiger partial charge in [0.25, 0.3) is 0 Å². The predicted molar refractivity (Wildman–Crippen MR) is 83.1 cm³/mol. The van der Waals surface area contributed by atoms with Crippen LogP contribution in [0.2, 0.25) is 0 Å². The van der Waals surface area contributed by atoms with E-state index >= 15 is 0 Å². The van der Waals surface area contributed by atoms with Crippen LogP contribution in [0.15, 0.2) is 30.3 Å². The summed E-state index contributed by atoms with van der Waals surface area (Å²) in [7, 11) is -3.08. The predicted octanol–water partition coefficient (Wildman–Crippen LogP) is 0.765. The molecule has 0 bridgehead atoms. The maximum Gasteiger partial charge on any atom is 0.311 e. The Kier molecular flexibility index (Phi) is 4.39. The van der Waals surface area contributed by atoms with Crippen LogP contribution in [0, 0.1) is 5.92 Å².